The molecule has 0 bridgehead atoms. The van der Waals surface area contributed by atoms with E-state index in [1.807, 2.05) is 18.2 Å². The highest BCUT2D eigenvalue weighted by molar-refractivity contribution is 9.11. The molecule has 3 nitrogen and oxygen atoms in total. The number of nitrogens with one attached hydrogen (secondary N) is 1. The summed E-state index contributed by atoms with van der Waals surface area (Å²) in [6.45, 7) is 0. The maximum atomic E-state index is 4.65. The number of H-pyrrole nitrogens is 1. The molecule has 0 saturated heterocycles. The van der Waals surface area contributed by atoms with E-state index in [4.69, 9.17) is 0 Å². The van der Waals surface area contributed by atoms with Crippen LogP contribution >= 0.6 is 31.9 Å². The van der Waals surface area contributed by atoms with Crippen molar-refractivity contribution < 1.29 is 0 Å². The number of aromatic nitrogens is 3. The van der Waals surface area contributed by atoms with E-state index >= 15 is 0 Å². The minimum absolute atomic E-state index is 0.567. The second-order valence-electron chi connectivity index (χ2n) is 4.65. The molecule has 1 saturated carbocycles. The zero-order chi connectivity index (χ0) is 12.5. The SMILES string of the molecule is Brc1ccc(Br)c(-c2n[nH]c(C3CCCC3)n2)c1. The maximum Gasteiger partial charge on any atom is 0.182 e. The van der Waals surface area contributed by atoms with Crippen molar-refractivity contribution in [3.63, 3.8) is 0 Å². The highest BCUT2D eigenvalue weighted by Gasteiger charge is 2.21. The van der Waals surface area contributed by atoms with Crippen LogP contribution in [-0.4, -0.2) is 15.2 Å². The summed E-state index contributed by atoms with van der Waals surface area (Å²) in [5, 5.41) is 7.44. The van der Waals surface area contributed by atoms with E-state index < -0.39 is 0 Å². The molecule has 1 aliphatic rings. The van der Waals surface area contributed by atoms with E-state index in [0.29, 0.717) is 5.92 Å². The standard InChI is InChI=1S/C13H13Br2N3/c14-9-5-6-11(15)10(7-9)13-16-12(17-18-13)8-3-1-2-4-8/h5-8H,1-4H2,(H,16,17,18). The van der Waals surface area contributed by atoms with Crippen LogP contribution in [0.25, 0.3) is 11.4 Å². The van der Waals surface area contributed by atoms with Gasteiger partial charge in [-0.3, -0.25) is 5.10 Å². The fourth-order valence-corrected chi connectivity index (χ4v) is 3.23. The first-order chi connectivity index (χ1) is 8.74. The van der Waals surface area contributed by atoms with Crippen LogP contribution in [0, 0.1) is 0 Å². The largest absolute Gasteiger partial charge is 0.262 e. The lowest BCUT2D eigenvalue weighted by molar-refractivity contribution is 0.672. The zero-order valence-corrected chi connectivity index (χ0v) is 13.0. The number of aromatic amines is 1. The Bertz CT molecular complexity index is 559. The van der Waals surface area contributed by atoms with E-state index in [9.17, 15) is 0 Å². The van der Waals surface area contributed by atoms with Gasteiger partial charge in [-0.1, -0.05) is 44.7 Å². The molecule has 1 N–H and O–H groups in total. The molecule has 1 aromatic carbocycles. The molecular weight excluding hydrogens is 358 g/mol. The second kappa shape index (κ2) is 5.13. The van der Waals surface area contributed by atoms with Gasteiger partial charge in [0.15, 0.2) is 5.82 Å². The molecule has 1 aromatic heterocycles. The first-order valence-electron chi connectivity index (χ1n) is 6.12. The number of rotatable bonds is 2. The molecule has 5 heteroatoms. The molecule has 3 rings (SSSR count). The van der Waals surface area contributed by atoms with Crippen LogP contribution in [0.15, 0.2) is 27.1 Å². The van der Waals surface area contributed by atoms with Crippen molar-refractivity contribution in [1.82, 2.24) is 15.2 Å². The molecule has 1 aliphatic carbocycles. The zero-order valence-electron chi connectivity index (χ0n) is 9.79. The van der Waals surface area contributed by atoms with E-state index in [1.165, 1.54) is 25.7 Å². The van der Waals surface area contributed by atoms with E-state index in [2.05, 4.69) is 47.0 Å². The highest BCUT2D eigenvalue weighted by atomic mass is 79.9. The van der Waals surface area contributed by atoms with Gasteiger partial charge in [0.25, 0.3) is 0 Å². The number of hydrogen-bond donors (Lipinski definition) is 1. The third kappa shape index (κ3) is 2.38. The van der Waals surface area contributed by atoms with Crippen LogP contribution in [0.2, 0.25) is 0 Å². The molecule has 1 heterocycles. The lowest BCUT2D eigenvalue weighted by Gasteiger charge is -2.02. The molecule has 94 valence electrons. The molecule has 0 spiro atoms. The second-order valence-corrected chi connectivity index (χ2v) is 6.42. The Hall–Kier alpha value is -0.680. The summed E-state index contributed by atoms with van der Waals surface area (Å²) in [4.78, 5) is 4.65. The smallest absolute Gasteiger partial charge is 0.182 e. The summed E-state index contributed by atoms with van der Waals surface area (Å²) in [5.74, 6) is 2.37. The monoisotopic (exact) mass is 369 g/mol. The fraction of sp³-hybridized carbons (Fsp3) is 0.385. The highest BCUT2D eigenvalue weighted by Crippen LogP contribution is 2.34. The van der Waals surface area contributed by atoms with Gasteiger partial charge in [-0.15, -0.1) is 0 Å². The molecule has 2 aromatic rings. The van der Waals surface area contributed by atoms with Gasteiger partial charge in [0.05, 0.1) is 0 Å². The summed E-state index contributed by atoms with van der Waals surface area (Å²) in [5.41, 5.74) is 1.02. The first-order valence-corrected chi connectivity index (χ1v) is 7.70. The van der Waals surface area contributed by atoms with Gasteiger partial charge in [0.1, 0.15) is 5.82 Å². The van der Waals surface area contributed by atoms with Crippen LogP contribution < -0.4 is 0 Å². The Morgan fingerprint density at radius 2 is 1.94 bits per heavy atom. The Balaban J connectivity index is 1.94. The van der Waals surface area contributed by atoms with Crippen molar-refractivity contribution in [2.45, 2.75) is 31.6 Å². The summed E-state index contributed by atoms with van der Waals surface area (Å²) in [6.07, 6.45) is 5.07. The first kappa shape index (κ1) is 12.4. The van der Waals surface area contributed by atoms with Crippen LogP contribution in [0.3, 0.4) is 0 Å². The van der Waals surface area contributed by atoms with Crippen LogP contribution in [-0.2, 0) is 0 Å². The Kier molecular flexibility index (Phi) is 3.52. The molecule has 0 atom stereocenters. The van der Waals surface area contributed by atoms with E-state index in [-0.39, 0.29) is 0 Å². The van der Waals surface area contributed by atoms with Crippen molar-refractivity contribution in [2.24, 2.45) is 0 Å². The fourth-order valence-electron chi connectivity index (χ4n) is 2.45. The van der Waals surface area contributed by atoms with Crippen LogP contribution in [0.5, 0.6) is 0 Å². The molecular formula is C13H13Br2N3. The van der Waals surface area contributed by atoms with Crippen LogP contribution in [0.4, 0.5) is 0 Å². The molecule has 0 unspecified atom stereocenters. The average molecular weight is 371 g/mol. The summed E-state index contributed by atoms with van der Waals surface area (Å²) in [6, 6.07) is 6.04. The topological polar surface area (TPSA) is 41.6 Å². The lowest BCUT2D eigenvalue weighted by Crippen LogP contribution is -1.94. The van der Waals surface area contributed by atoms with Gasteiger partial charge in [0, 0.05) is 20.4 Å². The predicted molar refractivity (Wildman–Crippen MR) is 78.4 cm³/mol. The van der Waals surface area contributed by atoms with Gasteiger partial charge in [-0.25, -0.2) is 4.98 Å². The van der Waals surface area contributed by atoms with Crippen LogP contribution in [0.1, 0.15) is 37.4 Å². The van der Waals surface area contributed by atoms with Crippen molar-refractivity contribution in [1.29, 1.82) is 0 Å². The molecule has 0 radical (unpaired) electrons. The molecule has 1 fully saturated rings. The van der Waals surface area contributed by atoms with Crippen molar-refractivity contribution in [3.05, 3.63) is 33.0 Å². The summed E-state index contributed by atoms with van der Waals surface area (Å²) >= 11 is 7.03. The Morgan fingerprint density at radius 3 is 2.72 bits per heavy atom. The van der Waals surface area contributed by atoms with E-state index in [1.54, 1.807) is 0 Å². The maximum absolute atomic E-state index is 4.65. The molecule has 0 aliphatic heterocycles. The molecule has 18 heavy (non-hydrogen) atoms. The number of hydrogen-bond acceptors (Lipinski definition) is 2. The van der Waals surface area contributed by atoms with Gasteiger partial charge in [-0.05, 0) is 31.0 Å². The van der Waals surface area contributed by atoms with Crippen molar-refractivity contribution in [3.8, 4) is 11.4 Å². The van der Waals surface area contributed by atoms with E-state index in [0.717, 1.165) is 26.2 Å². The average Bonchev–Trinajstić information content (AvgIpc) is 3.00. The normalized spacial score (nSPS) is 16.3. The third-order valence-corrected chi connectivity index (χ3v) is 4.60. The van der Waals surface area contributed by atoms with Gasteiger partial charge in [0.2, 0.25) is 0 Å². The quantitative estimate of drug-likeness (QED) is 0.835. The number of benzene rings is 1. The van der Waals surface area contributed by atoms with Gasteiger partial charge < -0.3 is 0 Å². The lowest BCUT2D eigenvalue weighted by atomic mass is 10.1. The predicted octanol–water partition coefficient (Wildman–Crippen LogP) is 4.65. The third-order valence-electron chi connectivity index (χ3n) is 3.41. The molecule has 0 amide bonds. The minimum atomic E-state index is 0.567. The van der Waals surface area contributed by atoms with Crippen molar-refractivity contribution >= 4 is 31.9 Å². The Morgan fingerprint density at radius 1 is 1.17 bits per heavy atom. The summed E-state index contributed by atoms with van der Waals surface area (Å²) < 4.78 is 2.05. The van der Waals surface area contributed by atoms with Gasteiger partial charge in [-0.2, -0.15) is 5.10 Å². The Labute approximate surface area is 123 Å². The summed E-state index contributed by atoms with van der Waals surface area (Å²) in [7, 11) is 0. The van der Waals surface area contributed by atoms with Gasteiger partial charge >= 0.3 is 0 Å². The van der Waals surface area contributed by atoms with Crippen molar-refractivity contribution in [2.75, 3.05) is 0 Å². The minimum Gasteiger partial charge on any atom is -0.262 e. The number of halogens is 2. The number of nitrogens with zero attached hydrogens (tertiary/aromatic N) is 2.